The van der Waals surface area contributed by atoms with E-state index in [9.17, 15) is 10.1 Å². The lowest BCUT2D eigenvalue weighted by molar-refractivity contribution is -0.384. The zero-order valence-electron chi connectivity index (χ0n) is 11.4. The highest BCUT2D eigenvalue weighted by Gasteiger charge is 2.09. The lowest BCUT2D eigenvalue weighted by Gasteiger charge is -2.04. The molecule has 0 bridgehead atoms. The van der Waals surface area contributed by atoms with Crippen LogP contribution in [-0.4, -0.2) is 25.1 Å². The molecular weight excluding hydrogens is 302 g/mol. The van der Waals surface area contributed by atoms with Gasteiger partial charge < -0.3 is 0 Å². The van der Waals surface area contributed by atoms with Gasteiger partial charge in [0.2, 0.25) is 5.16 Å². The first-order chi connectivity index (χ1) is 10.7. The van der Waals surface area contributed by atoms with Crippen LogP contribution < -0.4 is 0 Å². The fourth-order valence-corrected chi connectivity index (χ4v) is 2.71. The molecule has 0 saturated carbocycles. The van der Waals surface area contributed by atoms with E-state index in [-0.39, 0.29) is 5.69 Å². The minimum atomic E-state index is -0.410. The molecule has 8 heteroatoms. The molecule has 3 aromatic rings. The van der Waals surface area contributed by atoms with E-state index in [4.69, 9.17) is 0 Å². The van der Waals surface area contributed by atoms with Crippen molar-refractivity contribution in [3.8, 4) is 5.69 Å². The Morgan fingerprint density at radius 3 is 2.50 bits per heavy atom. The molecule has 0 atom stereocenters. The fourth-order valence-electron chi connectivity index (χ4n) is 1.86. The second-order valence-electron chi connectivity index (χ2n) is 4.42. The van der Waals surface area contributed by atoms with Gasteiger partial charge in [0.15, 0.2) is 0 Å². The van der Waals surface area contributed by atoms with E-state index in [2.05, 4.69) is 15.5 Å². The highest BCUT2D eigenvalue weighted by molar-refractivity contribution is 7.98. The Morgan fingerprint density at radius 1 is 1.09 bits per heavy atom. The molecule has 110 valence electrons. The number of nitrogens with zero attached hydrogens (tertiary/aromatic N) is 5. The van der Waals surface area contributed by atoms with Crippen molar-refractivity contribution >= 4 is 17.4 Å². The third-order valence-corrected chi connectivity index (χ3v) is 3.95. The van der Waals surface area contributed by atoms with Crippen LogP contribution in [0.4, 0.5) is 5.69 Å². The normalized spacial score (nSPS) is 10.5. The Labute approximate surface area is 130 Å². The number of benzene rings is 2. The van der Waals surface area contributed by atoms with Crippen LogP contribution in [0.25, 0.3) is 5.69 Å². The lowest BCUT2D eigenvalue weighted by atomic mass is 10.2. The first kappa shape index (κ1) is 14.2. The molecule has 0 spiro atoms. The van der Waals surface area contributed by atoms with E-state index in [1.54, 1.807) is 16.8 Å². The summed E-state index contributed by atoms with van der Waals surface area (Å²) >= 11 is 1.47. The van der Waals surface area contributed by atoms with E-state index in [0.29, 0.717) is 10.9 Å². The second kappa shape index (κ2) is 6.35. The summed E-state index contributed by atoms with van der Waals surface area (Å²) in [7, 11) is 0. The zero-order chi connectivity index (χ0) is 15.4. The number of tetrazole rings is 1. The number of thioether (sulfide) groups is 1. The fraction of sp³-hybridized carbons (Fsp3) is 0.0714. The van der Waals surface area contributed by atoms with E-state index < -0.39 is 4.92 Å². The summed E-state index contributed by atoms with van der Waals surface area (Å²) in [6.07, 6.45) is 0. The Balaban J connectivity index is 1.72. The standard InChI is InChI=1S/C14H11N5O2S/c20-19(21)13-8-6-11(7-9-13)10-22-14-15-16-17-18(14)12-4-2-1-3-5-12/h1-9H,10H2. The van der Waals surface area contributed by atoms with Crippen molar-refractivity contribution in [1.29, 1.82) is 0 Å². The molecule has 3 rings (SSSR count). The summed E-state index contributed by atoms with van der Waals surface area (Å²) < 4.78 is 1.66. The highest BCUT2D eigenvalue weighted by atomic mass is 32.2. The van der Waals surface area contributed by atoms with Gasteiger partial charge in [-0.2, -0.15) is 4.68 Å². The van der Waals surface area contributed by atoms with Gasteiger partial charge in [0.25, 0.3) is 5.69 Å². The largest absolute Gasteiger partial charge is 0.269 e. The molecule has 0 aliphatic carbocycles. The van der Waals surface area contributed by atoms with E-state index in [1.165, 1.54) is 23.9 Å². The summed E-state index contributed by atoms with van der Waals surface area (Å²) in [4.78, 5) is 10.2. The predicted molar refractivity (Wildman–Crippen MR) is 81.8 cm³/mol. The molecule has 0 amide bonds. The topological polar surface area (TPSA) is 86.7 Å². The molecular formula is C14H11N5O2S. The van der Waals surface area contributed by atoms with Gasteiger partial charge in [0, 0.05) is 17.9 Å². The first-order valence-electron chi connectivity index (χ1n) is 6.44. The van der Waals surface area contributed by atoms with Gasteiger partial charge >= 0.3 is 0 Å². The molecule has 0 saturated heterocycles. The van der Waals surface area contributed by atoms with Crippen LogP contribution >= 0.6 is 11.8 Å². The maximum absolute atomic E-state index is 10.6. The zero-order valence-corrected chi connectivity index (χ0v) is 12.2. The highest BCUT2D eigenvalue weighted by Crippen LogP contribution is 2.23. The van der Waals surface area contributed by atoms with Crippen molar-refractivity contribution in [2.24, 2.45) is 0 Å². The minimum Gasteiger partial charge on any atom is -0.258 e. The van der Waals surface area contributed by atoms with Gasteiger partial charge in [-0.15, -0.1) is 5.10 Å². The number of hydrogen-bond donors (Lipinski definition) is 0. The van der Waals surface area contributed by atoms with Gasteiger partial charge in [-0.1, -0.05) is 42.1 Å². The maximum atomic E-state index is 10.6. The number of nitro benzene ring substituents is 1. The second-order valence-corrected chi connectivity index (χ2v) is 5.36. The van der Waals surface area contributed by atoms with Crippen LogP contribution in [0.5, 0.6) is 0 Å². The molecule has 0 aliphatic heterocycles. The van der Waals surface area contributed by atoms with Crippen LogP contribution in [0, 0.1) is 10.1 Å². The van der Waals surface area contributed by atoms with Crippen molar-refractivity contribution in [1.82, 2.24) is 20.2 Å². The molecule has 22 heavy (non-hydrogen) atoms. The van der Waals surface area contributed by atoms with E-state index >= 15 is 0 Å². The van der Waals surface area contributed by atoms with E-state index in [0.717, 1.165) is 11.3 Å². The summed E-state index contributed by atoms with van der Waals surface area (Å²) in [5.74, 6) is 0.630. The third-order valence-electron chi connectivity index (χ3n) is 2.96. The molecule has 1 heterocycles. The third kappa shape index (κ3) is 3.12. The number of rotatable bonds is 5. The van der Waals surface area contributed by atoms with Gasteiger partial charge in [-0.05, 0) is 28.1 Å². The predicted octanol–water partition coefficient (Wildman–Crippen LogP) is 2.86. The van der Waals surface area contributed by atoms with Crippen molar-refractivity contribution in [2.75, 3.05) is 0 Å². The van der Waals surface area contributed by atoms with Crippen LogP contribution in [0.15, 0.2) is 59.8 Å². The Kier molecular flexibility index (Phi) is 4.10. The average molecular weight is 313 g/mol. The van der Waals surface area contributed by atoms with Gasteiger partial charge in [0.05, 0.1) is 10.6 Å². The maximum Gasteiger partial charge on any atom is 0.269 e. The monoisotopic (exact) mass is 313 g/mol. The SMILES string of the molecule is O=[N+]([O-])c1ccc(CSc2nnnn2-c2ccccc2)cc1. The van der Waals surface area contributed by atoms with Crippen molar-refractivity contribution in [2.45, 2.75) is 10.9 Å². The summed E-state index contributed by atoms with van der Waals surface area (Å²) in [6, 6.07) is 16.1. The Bertz CT molecular complexity index is 773. The van der Waals surface area contributed by atoms with Crippen LogP contribution in [0.1, 0.15) is 5.56 Å². The molecule has 2 aromatic carbocycles. The molecule has 1 aromatic heterocycles. The molecule has 0 N–H and O–H groups in total. The average Bonchev–Trinajstić information content (AvgIpc) is 3.02. The minimum absolute atomic E-state index is 0.0860. The summed E-state index contributed by atoms with van der Waals surface area (Å²) in [5.41, 5.74) is 1.94. The van der Waals surface area contributed by atoms with Crippen molar-refractivity contribution in [3.05, 3.63) is 70.3 Å². The van der Waals surface area contributed by atoms with Crippen LogP contribution in [0.2, 0.25) is 0 Å². The van der Waals surface area contributed by atoms with Crippen molar-refractivity contribution < 1.29 is 4.92 Å². The Morgan fingerprint density at radius 2 is 1.82 bits per heavy atom. The van der Waals surface area contributed by atoms with E-state index in [1.807, 2.05) is 30.3 Å². The molecule has 0 fully saturated rings. The molecule has 0 radical (unpaired) electrons. The van der Waals surface area contributed by atoms with Gasteiger partial charge in [-0.3, -0.25) is 10.1 Å². The number of non-ortho nitro benzene ring substituents is 1. The smallest absolute Gasteiger partial charge is 0.258 e. The van der Waals surface area contributed by atoms with Crippen LogP contribution in [-0.2, 0) is 5.75 Å². The quantitative estimate of drug-likeness (QED) is 0.409. The number of aromatic nitrogens is 4. The molecule has 0 unspecified atom stereocenters. The lowest BCUT2D eigenvalue weighted by Crippen LogP contribution is -1.98. The number of nitro groups is 1. The van der Waals surface area contributed by atoms with Crippen LogP contribution in [0.3, 0.4) is 0 Å². The van der Waals surface area contributed by atoms with Gasteiger partial charge in [-0.25, -0.2) is 0 Å². The summed E-state index contributed by atoms with van der Waals surface area (Å²) in [5, 5.41) is 23.0. The van der Waals surface area contributed by atoms with Gasteiger partial charge in [0.1, 0.15) is 0 Å². The molecule has 0 aliphatic rings. The molecule has 7 nitrogen and oxygen atoms in total. The first-order valence-corrected chi connectivity index (χ1v) is 7.42. The van der Waals surface area contributed by atoms with Crippen molar-refractivity contribution in [3.63, 3.8) is 0 Å². The number of hydrogen-bond acceptors (Lipinski definition) is 6. The summed E-state index contributed by atoms with van der Waals surface area (Å²) in [6.45, 7) is 0. The number of para-hydroxylation sites is 1. The Hall–Kier alpha value is -2.74.